The molecule has 1 N–H and O–H groups in total. The van der Waals surface area contributed by atoms with Crippen LogP contribution in [0.4, 0.5) is 5.82 Å². The zero-order chi connectivity index (χ0) is 10.7. The van der Waals surface area contributed by atoms with Gasteiger partial charge in [0, 0.05) is 19.0 Å². The Kier molecular flexibility index (Phi) is 3.01. The topological polar surface area (TPSA) is 64.0 Å². The molecule has 0 bridgehead atoms. The molecule has 1 amide bonds. The Balaban J connectivity index is 2.84. The molecule has 0 saturated heterocycles. The van der Waals surface area contributed by atoms with Crippen molar-refractivity contribution in [3.8, 4) is 0 Å². The molecule has 5 heteroatoms. The summed E-state index contributed by atoms with van der Waals surface area (Å²) in [6, 6.07) is 1.29. The maximum Gasteiger partial charge on any atom is 0.255 e. The SMILES string of the molecule is CC(C)C(=O)Nc1cc(=O)n(C)cn1. The summed E-state index contributed by atoms with van der Waals surface area (Å²) in [6.45, 7) is 3.55. The van der Waals surface area contributed by atoms with Gasteiger partial charge in [-0.15, -0.1) is 0 Å². The molecule has 1 rings (SSSR count). The van der Waals surface area contributed by atoms with E-state index in [1.54, 1.807) is 20.9 Å². The first-order valence-corrected chi connectivity index (χ1v) is 4.34. The molecule has 76 valence electrons. The van der Waals surface area contributed by atoms with Crippen LogP contribution in [0.15, 0.2) is 17.2 Å². The number of amides is 1. The fourth-order valence-corrected chi connectivity index (χ4v) is 0.801. The van der Waals surface area contributed by atoms with E-state index < -0.39 is 0 Å². The van der Waals surface area contributed by atoms with Crippen molar-refractivity contribution >= 4 is 11.7 Å². The highest BCUT2D eigenvalue weighted by molar-refractivity contribution is 5.90. The van der Waals surface area contributed by atoms with Gasteiger partial charge in [0.25, 0.3) is 5.56 Å². The number of aromatic nitrogens is 2. The molecule has 0 aliphatic heterocycles. The van der Waals surface area contributed by atoms with Gasteiger partial charge in [-0.25, -0.2) is 4.98 Å². The second-order valence-electron chi connectivity index (χ2n) is 3.37. The lowest BCUT2D eigenvalue weighted by Gasteiger charge is -2.06. The fourth-order valence-electron chi connectivity index (χ4n) is 0.801. The summed E-state index contributed by atoms with van der Waals surface area (Å²) in [5.41, 5.74) is -0.195. The summed E-state index contributed by atoms with van der Waals surface area (Å²) in [6.07, 6.45) is 1.37. The van der Waals surface area contributed by atoms with Gasteiger partial charge in [-0.1, -0.05) is 13.8 Å². The van der Waals surface area contributed by atoms with E-state index in [1.165, 1.54) is 17.0 Å². The van der Waals surface area contributed by atoms with Crippen molar-refractivity contribution in [1.82, 2.24) is 9.55 Å². The van der Waals surface area contributed by atoms with Gasteiger partial charge in [0.05, 0.1) is 6.33 Å². The van der Waals surface area contributed by atoms with E-state index >= 15 is 0 Å². The molecule has 0 radical (unpaired) electrons. The van der Waals surface area contributed by atoms with Gasteiger partial charge in [-0.2, -0.15) is 0 Å². The van der Waals surface area contributed by atoms with Crippen LogP contribution in [0.1, 0.15) is 13.8 Å². The normalized spacial score (nSPS) is 10.3. The largest absolute Gasteiger partial charge is 0.310 e. The molecule has 1 aromatic rings. The third-order valence-corrected chi connectivity index (χ3v) is 1.75. The van der Waals surface area contributed by atoms with Crippen molar-refractivity contribution in [2.75, 3.05) is 5.32 Å². The third kappa shape index (κ3) is 2.42. The second kappa shape index (κ2) is 4.04. The molecule has 0 spiro atoms. The standard InChI is InChI=1S/C9H13N3O2/c1-6(2)9(14)11-7-4-8(13)12(3)5-10-7/h4-6H,1-3H3,(H,11,14). The first-order chi connectivity index (χ1) is 6.50. The number of aryl methyl sites for hydroxylation is 1. The van der Waals surface area contributed by atoms with Crippen LogP contribution >= 0.6 is 0 Å². The number of anilines is 1. The molecule has 0 aliphatic rings. The molecule has 0 fully saturated rings. The molecule has 1 aromatic heterocycles. The van der Waals surface area contributed by atoms with E-state index in [9.17, 15) is 9.59 Å². The first-order valence-electron chi connectivity index (χ1n) is 4.34. The Labute approximate surface area is 81.8 Å². The number of nitrogens with zero attached hydrogens (tertiary/aromatic N) is 2. The zero-order valence-electron chi connectivity index (χ0n) is 8.44. The molecule has 0 aliphatic carbocycles. The number of rotatable bonds is 2. The highest BCUT2D eigenvalue weighted by atomic mass is 16.2. The van der Waals surface area contributed by atoms with Crippen LogP contribution in [0.3, 0.4) is 0 Å². The van der Waals surface area contributed by atoms with Gasteiger partial charge in [-0.05, 0) is 0 Å². The Morgan fingerprint density at radius 2 is 2.21 bits per heavy atom. The van der Waals surface area contributed by atoms with Crippen LogP contribution in [-0.4, -0.2) is 15.5 Å². The maximum atomic E-state index is 11.2. The highest BCUT2D eigenvalue weighted by Gasteiger charge is 2.07. The van der Waals surface area contributed by atoms with E-state index in [0.717, 1.165) is 0 Å². The Morgan fingerprint density at radius 1 is 1.57 bits per heavy atom. The lowest BCUT2D eigenvalue weighted by molar-refractivity contribution is -0.118. The third-order valence-electron chi connectivity index (χ3n) is 1.75. The summed E-state index contributed by atoms with van der Waals surface area (Å²) < 4.78 is 1.34. The quantitative estimate of drug-likeness (QED) is 0.741. The van der Waals surface area contributed by atoms with Crippen molar-refractivity contribution < 1.29 is 4.79 Å². The zero-order valence-corrected chi connectivity index (χ0v) is 8.44. The van der Waals surface area contributed by atoms with Gasteiger partial charge in [0.15, 0.2) is 0 Å². The molecular formula is C9H13N3O2. The molecule has 0 unspecified atom stereocenters. The molecular weight excluding hydrogens is 182 g/mol. The summed E-state index contributed by atoms with van der Waals surface area (Å²) in [5.74, 6) is 0.0263. The van der Waals surface area contributed by atoms with Crippen LogP contribution in [0.25, 0.3) is 0 Å². The number of hydrogen-bond donors (Lipinski definition) is 1. The minimum absolute atomic E-state index is 0.124. The predicted molar refractivity (Wildman–Crippen MR) is 52.9 cm³/mol. The number of carbonyl (C=O) groups excluding carboxylic acids is 1. The smallest absolute Gasteiger partial charge is 0.255 e. The monoisotopic (exact) mass is 195 g/mol. The average Bonchev–Trinajstić information content (AvgIpc) is 2.11. The van der Waals surface area contributed by atoms with E-state index in [2.05, 4.69) is 10.3 Å². The van der Waals surface area contributed by atoms with Crippen LogP contribution in [0, 0.1) is 5.92 Å². The molecule has 14 heavy (non-hydrogen) atoms. The minimum atomic E-state index is -0.195. The van der Waals surface area contributed by atoms with E-state index in [4.69, 9.17) is 0 Å². The average molecular weight is 195 g/mol. The maximum absolute atomic E-state index is 11.2. The van der Waals surface area contributed by atoms with Crippen molar-refractivity contribution in [2.45, 2.75) is 13.8 Å². The fraction of sp³-hybridized carbons (Fsp3) is 0.444. The van der Waals surface area contributed by atoms with Gasteiger partial charge in [-0.3, -0.25) is 9.59 Å². The number of carbonyl (C=O) groups is 1. The lowest BCUT2D eigenvalue weighted by atomic mass is 10.2. The summed E-state index contributed by atoms with van der Waals surface area (Å²) in [7, 11) is 1.60. The lowest BCUT2D eigenvalue weighted by Crippen LogP contribution is -2.22. The van der Waals surface area contributed by atoms with E-state index in [-0.39, 0.29) is 17.4 Å². The second-order valence-corrected chi connectivity index (χ2v) is 3.37. The van der Waals surface area contributed by atoms with Crippen LogP contribution in [0.2, 0.25) is 0 Å². The van der Waals surface area contributed by atoms with Gasteiger partial charge in [0.2, 0.25) is 5.91 Å². The summed E-state index contributed by atoms with van der Waals surface area (Å²) >= 11 is 0. The van der Waals surface area contributed by atoms with Crippen molar-refractivity contribution in [3.05, 3.63) is 22.7 Å². The number of nitrogens with one attached hydrogen (secondary N) is 1. The van der Waals surface area contributed by atoms with Gasteiger partial charge in [0.1, 0.15) is 5.82 Å². The van der Waals surface area contributed by atoms with Gasteiger partial charge >= 0.3 is 0 Å². The first kappa shape index (κ1) is 10.4. The minimum Gasteiger partial charge on any atom is -0.310 e. The molecule has 0 saturated carbocycles. The Morgan fingerprint density at radius 3 is 2.71 bits per heavy atom. The highest BCUT2D eigenvalue weighted by Crippen LogP contribution is 2.00. The van der Waals surface area contributed by atoms with Crippen LogP contribution in [-0.2, 0) is 11.8 Å². The Hall–Kier alpha value is -1.65. The molecule has 1 heterocycles. The van der Waals surface area contributed by atoms with Gasteiger partial charge < -0.3 is 9.88 Å². The number of hydrogen-bond acceptors (Lipinski definition) is 3. The summed E-state index contributed by atoms with van der Waals surface area (Å²) in [5, 5.41) is 2.55. The van der Waals surface area contributed by atoms with E-state index in [0.29, 0.717) is 5.82 Å². The van der Waals surface area contributed by atoms with Crippen LogP contribution in [0.5, 0.6) is 0 Å². The summed E-state index contributed by atoms with van der Waals surface area (Å²) in [4.78, 5) is 26.3. The van der Waals surface area contributed by atoms with Crippen molar-refractivity contribution in [1.29, 1.82) is 0 Å². The predicted octanol–water partition coefficient (Wildman–Crippen LogP) is 0.375. The Bertz CT molecular complexity index is 395. The van der Waals surface area contributed by atoms with Crippen molar-refractivity contribution in [3.63, 3.8) is 0 Å². The molecule has 0 aromatic carbocycles. The molecule has 0 atom stereocenters. The van der Waals surface area contributed by atoms with Crippen molar-refractivity contribution in [2.24, 2.45) is 13.0 Å². The van der Waals surface area contributed by atoms with Crippen LogP contribution < -0.4 is 10.9 Å². The van der Waals surface area contributed by atoms with E-state index in [1.807, 2.05) is 0 Å². The molecule has 5 nitrogen and oxygen atoms in total.